The van der Waals surface area contributed by atoms with Crippen LogP contribution in [0.2, 0.25) is 0 Å². The molecular weight excluding hydrogens is 478 g/mol. The molecule has 2 aromatic carbocycles. The van der Waals surface area contributed by atoms with Gasteiger partial charge in [-0.15, -0.1) is 0 Å². The molecule has 2 aromatic heterocycles. The second-order valence-electron chi connectivity index (χ2n) is 9.15. The molecule has 4 aromatic rings. The second-order valence-corrected chi connectivity index (χ2v) is 9.15. The number of hydrogen-bond acceptors (Lipinski definition) is 6. The van der Waals surface area contributed by atoms with Crippen LogP contribution in [0.5, 0.6) is 0 Å². The van der Waals surface area contributed by atoms with Gasteiger partial charge in [0.15, 0.2) is 5.82 Å². The van der Waals surface area contributed by atoms with E-state index in [-0.39, 0.29) is 11.8 Å². The maximum absolute atomic E-state index is 12.9. The van der Waals surface area contributed by atoms with E-state index in [9.17, 15) is 9.59 Å². The molecule has 3 N–H and O–H groups in total. The molecule has 3 heterocycles. The Labute approximate surface area is 221 Å². The molecule has 1 aliphatic rings. The van der Waals surface area contributed by atoms with E-state index in [2.05, 4.69) is 20.5 Å². The van der Waals surface area contributed by atoms with Crippen molar-refractivity contribution < 1.29 is 9.59 Å². The Morgan fingerprint density at radius 1 is 0.974 bits per heavy atom. The van der Waals surface area contributed by atoms with Gasteiger partial charge in [0.2, 0.25) is 11.8 Å². The minimum atomic E-state index is -0.0659. The molecule has 5 rings (SSSR count). The maximum atomic E-state index is 12.9. The molecule has 9 heteroatoms. The van der Waals surface area contributed by atoms with Gasteiger partial charge >= 0.3 is 0 Å². The predicted molar refractivity (Wildman–Crippen MR) is 151 cm³/mol. The molecule has 38 heavy (non-hydrogen) atoms. The van der Waals surface area contributed by atoms with Crippen molar-refractivity contribution in [3.63, 3.8) is 0 Å². The lowest BCUT2D eigenvalue weighted by Gasteiger charge is -2.35. The highest BCUT2D eigenvalue weighted by Gasteiger charge is 2.22. The molecule has 0 aliphatic carbocycles. The van der Waals surface area contributed by atoms with Crippen molar-refractivity contribution in [1.29, 1.82) is 0 Å². The number of para-hydroxylation sites is 1. The minimum Gasteiger partial charge on any atom is -0.368 e. The second kappa shape index (κ2) is 11.6. The lowest BCUT2D eigenvalue weighted by molar-refractivity contribution is -0.126. The van der Waals surface area contributed by atoms with Crippen LogP contribution in [0, 0.1) is 0 Å². The quantitative estimate of drug-likeness (QED) is 0.248. The van der Waals surface area contributed by atoms with Crippen LogP contribution in [0.15, 0.2) is 72.9 Å². The zero-order valence-corrected chi connectivity index (χ0v) is 21.4. The smallest absolute Gasteiger partial charge is 0.246 e. The van der Waals surface area contributed by atoms with Crippen LogP contribution in [0.25, 0.3) is 28.4 Å². The highest BCUT2D eigenvalue weighted by atomic mass is 16.2. The third kappa shape index (κ3) is 6.00. The Hall–Kier alpha value is -4.66. The molecule has 2 amide bonds. The summed E-state index contributed by atoms with van der Waals surface area (Å²) in [6, 6.07) is 19.8. The molecule has 0 bridgehead atoms. The SMILES string of the molecule is CC(=O)NCCNc1cc(N2CCN(C(=O)/C=C/c3c[nH]c4ccccc34)CC2)nc(-c2ccccc2)n1. The lowest BCUT2D eigenvalue weighted by atomic mass is 10.1. The van der Waals surface area contributed by atoms with E-state index in [1.807, 2.05) is 77.8 Å². The van der Waals surface area contributed by atoms with Gasteiger partial charge in [-0.1, -0.05) is 48.5 Å². The molecule has 1 fully saturated rings. The minimum absolute atomic E-state index is 0.00270. The summed E-state index contributed by atoms with van der Waals surface area (Å²) in [5.41, 5.74) is 2.98. The highest BCUT2D eigenvalue weighted by Crippen LogP contribution is 2.24. The van der Waals surface area contributed by atoms with Gasteiger partial charge in [0.1, 0.15) is 11.6 Å². The Bertz CT molecular complexity index is 1440. The first-order chi connectivity index (χ1) is 18.6. The first kappa shape index (κ1) is 25.0. The Kier molecular flexibility index (Phi) is 7.63. The van der Waals surface area contributed by atoms with E-state index >= 15 is 0 Å². The zero-order chi connectivity index (χ0) is 26.3. The number of amides is 2. The fraction of sp³-hybridized carbons (Fsp3) is 0.241. The van der Waals surface area contributed by atoms with Crippen molar-refractivity contribution in [3.05, 3.63) is 78.5 Å². The number of piperazine rings is 1. The highest BCUT2D eigenvalue weighted by molar-refractivity contribution is 5.96. The maximum Gasteiger partial charge on any atom is 0.246 e. The first-order valence-electron chi connectivity index (χ1n) is 12.8. The van der Waals surface area contributed by atoms with Crippen molar-refractivity contribution in [2.75, 3.05) is 49.5 Å². The van der Waals surface area contributed by atoms with Crippen molar-refractivity contribution in [3.8, 4) is 11.4 Å². The molecule has 0 radical (unpaired) electrons. The Morgan fingerprint density at radius 3 is 2.53 bits per heavy atom. The van der Waals surface area contributed by atoms with Crippen LogP contribution in [0.1, 0.15) is 12.5 Å². The lowest BCUT2D eigenvalue weighted by Crippen LogP contribution is -2.48. The van der Waals surface area contributed by atoms with Crippen molar-refractivity contribution in [2.24, 2.45) is 0 Å². The number of hydrogen-bond donors (Lipinski definition) is 3. The third-order valence-corrected chi connectivity index (χ3v) is 6.49. The number of fused-ring (bicyclic) bond motifs is 1. The number of nitrogens with zero attached hydrogens (tertiary/aromatic N) is 4. The van der Waals surface area contributed by atoms with Crippen LogP contribution >= 0.6 is 0 Å². The average molecular weight is 510 g/mol. The largest absolute Gasteiger partial charge is 0.368 e. The molecule has 1 aliphatic heterocycles. The van der Waals surface area contributed by atoms with Crippen molar-refractivity contribution >= 4 is 40.4 Å². The topological polar surface area (TPSA) is 106 Å². The van der Waals surface area contributed by atoms with E-state index in [0.717, 1.165) is 27.8 Å². The summed E-state index contributed by atoms with van der Waals surface area (Å²) in [6.07, 6.45) is 5.46. The Balaban J connectivity index is 1.26. The van der Waals surface area contributed by atoms with E-state index < -0.39 is 0 Å². The molecule has 1 saturated heterocycles. The normalized spacial score (nSPS) is 13.7. The molecule has 0 spiro atoms. The molecule has 0 unspecified atom stereocenters. The van der Waals surface area contributed by atoms with Crippen LogP contribution in [-0.4, -0.2) is 70.9 Å². The standard InChI is InChI=1S/C29H31N7O2/c1-21(37)30-13-14-31-26-19-27(34-29(33-26)22-7-3-2-4-8-22)35-15-17-36(18-16-35)28(38)12-11-23-20-32-25-10-6-5-9-24(23)25/h2-12,19-20,32H,13-18H2,1H3,(H,30,37)(H,31,33,34)/b12-11+. The van der Waals surface area contributed by atoms with E-state index in [0.29, 0.717) is 50.9 Å². The van der Waals surface area contributed by atoms with E-state index in [1.165, 1.54) is 6.92 Å². The predicted octanol–water partition coefficient (Wildman–Crippen LogP) is 3.53. The molecule has 9 nitrogen and oxygen atoms in total. The molecule has 0 atom stereocenters. The van der Waals surface area contributed by atoms with Gasteiger partial charge in [-0.2, -0.15) is 0 Å². The number of H-pyrrole nitrogens is 1. The van der Waals surface area contributed by atoms with Gasteiger partial charge in [-0.25, -0.2) is 9.97 Å². The summed E-state index contributed by atoms with van der Waals surface area (Å²) < 4.78 is 0. The first-order valence-corrected chi connectivity index (χ1v) is 12.8. The summed E-state index contributed by atoms with van der Waals surface area (Å²) in [7, 11) is 0. The number of nitrogens with one attached hydrogen (secondary N) is 3. The Morgan fingerprint density at radius 2 is 1.74 bits per heavy atom. The number of rotatable bonds is 8. The average Bonchev–Trinajstić information content (AvgIpc) is 3.37. The van der Waals surface area contributed by atoms with E-state index in [1.54, 1.807) is 6.08 Å². The van der Waals surface area contributed by atoms with Crippen molar-refractivity contribution in [2.45, 2.75) is 6.92 Å². The fourth-order valence-corrected chi connectivity index (χ4v) is 4.49. The third-order valence-electron chi connectivity index (χ3n) is 6.49. The van der Waals surface area contributed by atoms with Crippen LogP contribution in [0.3, 0.4) is 0 Å². The van der Waals surface area contributed by atoms with Crippen molar-refractivity contribution in [1.82, 2.24) is 25.2 Å². The summed E-state index contributed by atoms with van der Waals surface area (Å²) >= 11 is 0. The van der Waals surface area contributed by atoms with Gasteiger partial charge in [0.05, 0.1) is 0 Å². The summed E-state index contributed by atoms with van der Waals surface area (Å²) in [5.74, 6) is 2.07. The fourth-order valence-electron chi connectivity index (χ4n) is 4.49. The van der Waals surface area contributed by atoms with Crippen LogP contribution in [-0.2, 0) is 9.59 Å². The zero-order valence-electron chi connectivity index (χ0n) is 21.4. The van der Waals surface area contributed by atoms with Gasteiger partial charge in [0.25, 0.3) is 0 Å². The monoisotopic (exact) mass is 509 g/mol. The van der Waals surface area contributed by atoms with Gasteiger partial charge in [-0.3, -0.25) is 9.59 Å². The van der Waals surface area contributed by atoms with E-state index in [4.69, 9.17) is 9.97 Å². The van der Waals surface area contributed by atoms with Gasteiger partial charge in [-0.05, 0) is 17.7 Å². The van der Waals surface area contributed by atoms with Crippen LogP contribution < -0.4 is 15.5 Å². The van der Waals surface area contributed by atoms with Gasteiger partial charge < -0.3 is 25.4 Å². The van der Waals surface area contributed by atoms with Crippen LogP contribution in [0.4, 0.5) is 11.6 Å². The summed E-state index contributed by atoms with van der Waals surface area (Å²) in [6.45, 7) is 5.10. The molecular formula is C29H31N7O2. The molecule has 0 saturated carbocycles. The summed E-state index contributed by atoms with van der Waals surface area (Å²) in [4.78, 5) is 40.9. The number of benzene rings is 2. The number of carbonyl (C=O) groups excluding carboxylic acids is 2. The number of aromatic amines is 1. The number of carbonyl (C=O) groups is 2. The molecule has 194 valence electrons. The summed E-state index contributed by atoms with van der Waals surface area (Å²) in [5, 5.41) is 7.17. The van der Waals surface area contributed by atoms with Gasteiger partial charge in [0, 0.05) is 81.0 Å². The number of anilines is 2. The number of aromatic nitrogens is 3.